The number of ether oxygens (including phenoxy) is 1. The third kappa shape index (κ3) is 5.47. The van der Waals surface area contributed by atoms with Gasteiger partial charge in [-0.25, -0.2) is 9.78 Å². The Morgan fingerprint density at radius 3 is 2.76 bits per heavy atom. The van der Waals surface area contributed by atoms with Gasteiger partial charge in [-0.3, -0.25) is 13.9 Å². The van der Waals surface area contributed by atoms with E-state index in [4.69, 9.17) is 4.74 Å². The van der Waals surface area contributed by atoms with Crippen LogP contribution in [0.25, 0.3) is 0 Å². The second-order valence-corrected chi connectivity index (χ2v) is 7.65. The molecule has 0 saturated heterocycles. The number of benzene rings is 1. The molecule has 0 fully saturated rings. The van der Waals surface area contributed by atoms with Crippen LogP contribution in [-0.2, 0) is 32.7 Å². The zero-order valence-electron chi connectivity index (χ0n) is 14.4. The SMILES string of the molecule is CCN(C(C)=O)c1nc(COC(=O)c2cccc(CS(C)=O)c2)cs1. The van der Waals surface area contributed by atoms with Crippen LogP contribution in [0, 0.1) is 0 Å². The summed E-state index contributed by atoms with van der Waals surface area (Å²) in [6, 6.07) is 6.91. The highest BCUT2D eigenvalue weighted by molar-refractivity contribution is 7.83. The molecule has 0 N–H and O–H groups in total. The van der Waals surface area contributed by atoms with Crippen LogP contribution in [0.3, 0.4) is 0 Å². The molecule has 0 aliphatic carbocycles. The second-order valence-electron chi connectivity index (χ2n) is 5.38. The molecule has 1 amide bonds. The molecular weight excluding hydrogens is 360 g/mol. The van der Waals surface area contributed by atoms with E-state index >= 15 is 0 Å². The topological polar surface area (TPSA) is 76.6 Å². The molecule has 134 valence electrons. The quantitative estimate of drug-likeness (QED) is 0.690. The minimum Gasteiger partial charge on any atom is -0.456 e. The molecule has 2 aromatic rings. The summed E-state index contributed by atoms with van der Waals surface area (Å²) in [5, 5.41) is 2.36. The third-order valence-corrected chi connectivity index (χ3v) is 5.00. The summed E-state index contributed by atoms with van der Waals surface area (Å²) in [5.74, 6) is -0.142. The Morgan fingerprint density at radius 2 is 2.12 bits per heavy atom. The first-order valence-corrected chi connectivity index (χ1v) is 10.3. The van der Waals surface area contributed by atoms with Gasteiger partial charge in [0.15, 0.2) is 5.13 Å². The minimum atomic E-state index is -0.971. The number of hydrogen-bond donors (Lipinski definition) is 0. The number of hydrogen-bond acceptors (Lipinski definition) is 6. The molecule has 0 spiro atoms. The molecule has 2 rings (SSSR count). The van der Waals surface area contributed by atoms with Gasteiger partial charge in [-0.05, 0) is 24.6 Å². The van der Waals surface area contributed by atoms with Gasteiger partial charge in [-0.15, -0.1) is 11.3 Å². The summed E-state index contributed by atoms with van der Waals surface area (Å²) < 4.78 is 16.6. The van der Waals surface area contributed by atoms with Crippen LogP contribution in [0.4, 0.5) is 5.13 Å². The van der Waals surface area contributed by atoms with Crippen LogP contribution >= 0.6 is 11.3 Å². The van der Waals surface area contributed by atoms with Gasteiger partial charge < -0.3 is 4.74 Å². The summed E-state index contributed by atoms with van der Waals surface area (Å²) in [4.78, 5) is 29.6. The molecule has 0 saturated carbocycles. The summed E-state index contributed by atoms with van der Waals surface area (Å²) in [6.07, 6.45) is 1.62. The lowest BCUT2D eigenvalue weighted by Gasteiger charge is -2.14. The van der Waals surface area contributed by atoms with Crippen molar-refractivity contribution in [2.45, 2.75) is 26.2 Å². The number of amides is 1. The Morgan fingerprint density at radius 1 is 1.36 bits per heavy atom. The highest BCUT2D eigenvalue weighted by Gasteiger charge is 2.15. The van der Waals surface area contributed by atoms with E-state index in [9.17, 15) is 13.8 Å². The van der Waals surface area contributed by atoms with Gasteiger partial charge in [-0.1, -0.05) is 12.1 Å². The minimum absolute atomic E-state index is 0.0364. The molecule has 0 radical (unpaired) electrons. The van der Waals surface area contributed by atoms with Crippen LogP contribution in [0.2, 0.25) is 0 Å². The fourth-order valence-electron chi connectivity index (χ4n) is 2.22. The number of thiazole rings is 1. The molecular formula is C17H20N2O4S2. The van der Waals surface area contributed by atoms with Gasteiger partial charge in [-0.2, -0.15) is 0 Å². The molecule has 25 heavy (non-hydrogen) atoms. The number of nitrogens with zero attached hydrogens (tertiary/aromatic N) is 2. The first-order valence-electron chi connectivity index (χ1n) is 7.69. The number of anilines is 1. The largest absolute Gasteiger partial charge is 0.456 e. The van der Waals surface area contributed by atoms with Gasteiger partial charge in [0.05, 0.1) is 11.3 Å². The predicted molar refractivity (Wildman–Crippen MR) is 99.1 cm³/mol. The maximum atomic E-state index is 12.2. The Bertz CT molecular complexity index is 788. The van der Waals surface area contributed by atoms with Crippen molar-refractivity contribution < 1.29 is 18.5 Å². The molecule has 6 nitrogen and oxygen atoms in total. The number of carbonyl (C=O) groups excluding carboxylic acids is 2. The molecule has 1 unspecified atom stereocenters. The Labute approximate surface area is 153 Å². The van der Waals surface area contributed by atoms with Crippen LogP contribution < -0.4 is 4.90 Å². The van der Waals surface area contributed by atoms with Gasteiger partial charge >= 0.3 is 5.97 Å². The third-order valence-electron chi connectivity index (χ3n) is 3.35. The van der Waals surface area contributed by atoms with Gasteiger partial charge in [0, 0.05) is 41.7 Å². The zero-order valence-corrected chi connectivity index (χ0v) is 16.0. The fourth-order valence-corrected chi connectivity index (χ4v) is 3.79. The van der Waals surface area contributed by atoms with E-state index in [-0.39, 0.29) is 12.5 Å². The predicted octanol–water partition coefficient (Wildman–Crippen LogP) is 2.75. The summed E-state index contributed by atoms with van der Waals surface area (Å²) in [6.45, 7) is 3.93. The highest BCUT2D eigenvalue weighted by Crippen LogP contribution is 2.21. The van der Waals surface area contributed by atoms with E-state index in [0.29, 0.717) is 28.7 Å². The number of carbonyl (C=O) groups is 2. The van der Waals surface area contributed by atoms with Crippen molar-refractivity contribution >= 4 is 39.1 Å². The van der Waals surface area contributed by atoms with E-state index in [0.717, 1.165) is 5.56 Å². The first kappa shape index (κ1) is 19.3. The first-order chi connectivity index (χ1) is 11.9. The monoisotopic (exact) mass is 380 g/mol. The Kier molecular flexibility index (Phi) is 6.83. The fraction of sp³-hybridized carbons (Fsp3) is 0.353. The number of rotatable bonds is 7. The molecule has 0 bridgehead atoms. The average Bonchev–Trinajstić information content (AvgIpc) is 3.01. The molecule has 1 heterocycles. The van der Waals surface area contributed by atoms with E-state index in [1.165, 1.54) is 18.3 Å². The number of aromatic nitrogens is 1. The lowest BCUT2D eigenvalue weighted by molar-refractivity contribution is -0.116. The van der Waals surface area contributed by atoms with Crippen molar-refractivity contribution in [1.29, 1.82) is 0 Å². The van der Waals surface area contributed by atoms with Gasteiger partial charge in [0.2, 0.25) is 5.91 Å². The second kappa shape index (κ2) is 8.87. The normalized spacial score (nSPS) is 11.8. The lowest BCUT2D eigenvalue weighted by Crippen LogP contribution is -2.27. The molecule has 1 aromatic carbocycles. The van der Waals surface area contributed by atoms with Crippen molar-refractivity contribution in [2.24, 2.45) is 0 Å². The standard InChI is InChI=1S/C17H20N2O4S2/c1-4-19(12(2)20)17-18-15(10-24-17)9-23-16(21)14-7-5-6-13(8-14)11-25(3)22/h5-8,10H,4,9,11H2,1-3H3. The van der Waals surface area contributed by atoms with Gasteiger partial charge in [0.1, 0.15) is 6.61 Å². The van der Waals surface area contributed by atoms with Crippen molar-refractivity contribution in [3.63, 3.8) is 0 Å². The summed E-state index contributed by atoms with van der Waals surface area (Å²) in [5.41, 5.74) is 1.84. The summed E-state index contributed by atoms with van der Waals surface area (Å²) in [7, 11) is -0.971. The van der Waals surface area contributed by atoms with Crippen molar-refractivity contribution in [3.05, 3.63) is 46.5 Å². The maximum Gasteiger partial charge on any atom is 0.338 e. The zero-order chi connectivity index (χ0) is 18.4. The van der Waals surface area contributed by atoms with Crippen LogP contribution in [0.15, 0.2) is 29.6 Å². The van der Waals surface area contributed by atoms with E-state index < -0.39 is 16.8 Å². The maximum absolute atomic E-state index is 12.2. The molecule has 1 atom stereocenters. The van der Waals surface area contributed by atoms with Crippen LogP contribution in [0.5, 0.6) is 0 Å². The summed E-state index contributed by atoms with van der Waals surface area (Å²) >= 11 is 1.34. The molecule has 0 aliphatic rings. The average molecular weight is 380 g/mol. The van der Waals surface area contributed by atoms with Crippen molar-refractivity contribution in [3.8, 4) is 0 Å². The van der Waals surface area contributed by atoms with Crippen molar-refractivity contribution in [2.75, 3.05) is 17.7 Å². The smallest absolute Gasteiger partial charge is 0.338 e. The highest BCUT2D eigenvalue weighted by atomic mass is 32.2. The van der Waals surface area contributed by atoms with E-state index in [2.05, 4.69) is 4.98 Å². The molecule has 8 heteroatoms. The van der Waals surface area contributed by atoms with Gasteiger partial charge in [0.25, 0.3) is 0 Å². The molecule has 1 aromatic heterocycles. The van der Waals surface area contributed by atoms with Crippen LogP contribution in [0.1, 0.15) is 35.5 Å². The van der Waals surface area contributed by atoms with Crippen molar-refractivity contribution in [1.82, 2.24) is 4.98 Å². The molecule has 0 aliphatic heterocycles. The Balaban J connectivity index is 1.99. The van der Waals surface area contributed by atoms with E-state index in [1.807, 2.05) is 13.0 Å². The van der Waals surface area contributed by atoms with Crippen LogP contribution in [-0.4, -0.2) is 33.9 Å². The van der Waals surface area contributed by atoms with E-state index in [1.54, 1.807) is 34.7 Å². The lowest BCUT2D eigenvalue weighted by atomic mass is 10.1. The number of esters is 1. The Hall–Kier alpha value is -2.06.